The van der Waals surface area contributed by atoms with Crippen molar-refractivity contribution in [2.45, 2.75) is 236 Å². The van der Waals surface area contributed by atoms with Gasteiger partial charge in [0.15, 0.2) is 6.10 Å². The molecule has 2 rings (SSSR count). The molecule has 5 unspecified atom stereocenters. The number of rotatable bonds is 39. The largest absolute Gasteiger partial charge is 0.472 e. The van der Waals surface area contributed by atoms with Crippen LogP contribution in [-0.4, -0.2) is 111 Å². The Morgan fingerprint density at radius 3 is 1.59 bits per heavy atom. The number of aliphatic hydroxyl groups is 5. The van der Waals surface area contributed by atoms with E-state index < -0.39 is 75.7 Å². The Morgan fingerprint density at radius 2 is 0.984 bits per heavy atom. The van der Waals surface area contributed by atoms with Crippen molar-refractivity contribution in [2.24, 2.45) is 0 Å². The summed E-state index contributed by atoms with van der Waals surface area (Å²) in [5.74, 6) is -1.18. The number of allylic oxidation sites excluding steroid dienone is 6. The smallest absolute Gasteiger partial charge is 0.462 e. The molecule has 14 nitrogen and oxygen atoms in total. The monoisotopic (exact) mass is 929 g/mol. The lowest BCUT2D eigenvalue weighted by atomic mass is 9.85. The molecule has 370 valence electrons. The first kappa shape index (κ1) is 57.9. The molecule has 0 aromatic heterocycles. The van der Waals surface area contributed by atoms with Crippen molar-refractivity contribution in [1.29, 1.82) is 0 Å². The van der Waals surface area contributed by atoms with Gasteiger partial charge < -0.3 is 44.6 Å². The van der Waals surface area contributed by atoms with E-state index in [1.54, 1.807) is 0 Å². The summed E-state index contributed by atoms with van der Waals surface area (Å²) in [5, 5.41) is 50.2. The molecule has 2 fully saturated rings. The number of esters is 2. The molecule has 0 aromatic carbocycles. The molecule has 64 heavy (non-hydrogen) atoms. The summed E-state index contributed by atoms with van der Waals surface area (Å²) in [5.41, 5.74) is 0. The van der Waals surface area contributed by atoms with Gasteiger partial charge >= 0.3 is 19.8 Å². The van der Waals surface area contributed by atoms with E-state index in [2.05, 4.69) is 50.3 Å². The van der Waals surface area contributed by atoms with Gasteiger partial charge in [-0.3, -0.25) is 18.6 Å². The van der Waals surface area contributed by atoms with Gasteiger partial charge in [0.1, 0.15) is 43.2 Å². The third kappa shape index (κ3) is 27.4. The Hall–Kier alpha value is -2.23. The number of phosphoric acid groups is 1. The first-order chi connectivity index (χ1) is 30.9. The van der Waals surface area contributed by atoms with Gasteiger partial charge in [0.2, 0.25) is 0 Å². The molecule has 2 aliphatic rings. The van der Waals surface area contributed by atoms with Crippen molar-refractivity contribution in [3.05, 3.63) is 48.6 Å². The molecule has 0 spiro atoms. The second kappa shape index (κ2) is 35.9. The Morgan fingerprint density at radius 1 is 0.547 bits per heavy atom. The minimum absolute atomic E-state index is 0.0763. The zero-order valence-electron chi connectivity index (χ0n) is 39.0. The number of carbonyl (C=O) groups is 2. The van der Waals surface area contributed by atoms with Crippen LogP contribution in [0.1, 0.15) is 181 Å². The maximum atomic E-state index is 12.8. The summed E-state index contributed by atoms with van der Waals surface area (Å²) in [6.45, 7) is 3.21. The van der Waals surface area contributed by atoms with Crippen LogP contribution in [0.4, 0.5) is 0 Å². The molecule has 1 saturated heterocycles. The van der Waals surface area contributed by atoms with Gasteiger partial charge in [0.05, 0.1) is 18.8 Å². The van der Waals surface area contributed by atoms with Crippen LogP contribution in [0.2, 0.25) is 0 Å². The van der Waals surface area contributed by atoms with Crippen molar-refractivity contribution in [1.82, 2.24) is 0 Å². The van der Waals surface area contributed by atoms with E-state index >= 15 is 0 Å². The van der Waals surface area contributed by atoms with Gasteiger partial charge in [-0.2, -0.15) is 0 Å². The van der Waals surface area contributed by atoms with Crippen LogP contribution in [-0.2, 0) is 37.4 Å². The number of epoxide rings is 1. The number of hydrogen-bond donors (Lipinski definition) is 6. The summed E-state index contributed by atoms with van der Waals surface area (Å²) < 4.78 is 39.3. The lowest BCUT2D eigenvalue weighted by Crippen LogP contribution is -2.64. The van der Waals surface area contributed by atoms with Crippen LogP contribution in [0.25, 0.3) is 0 Å². The fourth-order valence-electron chi connectivity index (χ4n) is 7.43. The first-order valence-electron chi connectivity index (χ1n) is 24.6. The molecule has 10 atom stereocenters. The molecule has 0 aromatic rings. The molecule has 6 N–H and O–H groups in total. The van der Waals surface area contributed by atoms with Gasteiger partial charge in [-0.1, -0.05) is 140 Å². The van der Waals surface area contributed by atoms with Gasteiger partial charge in [-0.15, -0.1) is 0 Å². The SMILES string of the molecule is CCCCC/C=C\CC1OC1C/C=C\C/C=C\CCCC(=O)OC[C@H](COP(=O)(O)OC1[C@H](O)[C@H](O)C(O)[C@H](O)[C@H]1O)OC(=O)CCCCCCCCC/C=C\CCCCCCCC. The molecule has 0 bridgehead atoms. The third-order valence-corrected chi connectivity index (χ3v) is 12.5. The average molecular weight is 929 g/mol. The van der Waals surface area contributed by atoms with Crippen LogP contribution < -0.4 is 0 Å². The predicted octanol–water partition coefficient (Wildman–Crippen LogP) is 8.94. The fourth-order valence-corrected chi connectivity index (χ4v) is 8.41. The van der Waals surface area contributed by atoms with Crippen molar-refractivity contribution in [3.63, 3.8) is 0 Å². The first-order valence-corrected chi connectivity index (χ1v) is 26.1. The van der Waals surface area contributed by atoms with Crippen LogP contribution in [0.15, 0.2) is 48.6 Å². The van der Waals surface area contributed by atoms with E-state index in [0.717, 1.165) is 70.6 Å². The normalized spacial score (nSPS) is 25.1. The Bertz CT molecular complexity index is 1370. The molecule has 15 heteroatoms. The van der Waals surface area contributed by atoms with Gasteiger partial charge in [0, 0.05) is 12.8 Å². The maximum absolute atomic E-state index is 12.8. The lowest BCUT2D eigenvalue weighted by molar-refractivity contribution is -0.220. The highest BCUT2D eigenvalue weighted by Gasteiger charge is 2.51. The van der Waals surface area contributed by atoms with Crippen molar-refractivity contribution in [3.8, 4) is 0 Å². The molecule has 1 heterocycles. The van der Waals surface area contributed by atoms with Gasteiger partial charge in [0.25, 0.3) is 0 Å². The van der Waals surface area contributed by atoms with Crippen LogP contribution >= 0.6 is 7.82 Å². The van der Waals surface area contributed by atoms with Crippen molar-refractivity contribution in [2.75, 3.05) is 13.2 Å². The third-order valence-electron chi connectivity index (χ3n) is 11.5. The molecule has 1 aliphatic heterocycles. The quantitative estimate of drug-likeness (QED) is 0.0111. The van der Waals surface area contributed by atoms with E-state index in [4.69, 9.17) is 23.3 Å². The highest BCUT2D eigenvalue weighted by molar-refractivity contribution is 7.47. The topological polar surface area (TPSA) is 222 Å². The summed E-state index contributed by atoms with van der Waals surface area (Å²) in [6, 6.07) is 0. The zero-order chi connectivity index (χ0) is 46.8. The Balaban J connectivity index is 1.71. The van der Waals surface area contributed by atoms with E-state index in [1.807, 2.05) is 12.2 Å². The van der Waals surface area contributed by atoms with Crippen molar-refractivity contribution < 1.29 is 67.8 Å². The molecular weight excluding hydrogens is 843 g/mol. The Kier molecular flexibility index (Phi) is 32.5. The van der Waals surface area contributed by atoms with Crippen LogP contribution in [0.5, 0.6) is 0 Å². The van der Waals surface area contributed by atoms with Gasteiger partial charge in [-0.25, -0.2) is 4.57 Å². The van der Waals surface area contributed by atoms with E-state index in [0.29, 0.717) is 31.5 Å². The predicted molar refractivity (Wildman–Crippen MR) is 248 cm³/mol. The molecule has 0 amide bonds. The molecular formula is C49H85O14P. The summed E-state index contributed by atoms with van der Waals surface area (Å²) in [7, 11) is -5.14. The summed E-state index contributed by atoms with van der Waals surface area (Å²) in [6.07, 6.45) is 30.5. The highest BCUT2D eigenvalue weighted by atomic mass is 31.2. The standard InChI is InChI=1S/C49H85O14P/c1-3-5-7-9-11-12-13-14-15-16-17-18-19-20-23-28-32-36-43(51)61-39(38-60-64(57,58)63-49-47(55)45(53)44(52)46(54)48(49)56)37-59-42(50)35-31-27-24-21-22-26-30-34-41-40(62-41)33-29-25-10-8-6-4-2/h14-15,21,24-26,29-30,39-41,44-49,52-56H,3-13,16-20,22-23,27-28,31-38H2,1-2H3,(H,57,58)/b15-14-,24-21-,29-25-,30-26-/t39-,40?,41?,44?,45-,46+,47-,48-,49?/m1/s1. The number of ether oxygens (including phenoxy) is 3. The van der Waals surface area contributed by atoms with Gasteiger partial charge in [-0.05, 0) is 77.0 Å². The molecule has 1 aliphatic carbocycles. The van der Waals surface area contributed by atoms with Crippen LogP contribution in [0.3, 0.4) is 0 Å². The second-order valence-electron chi connectivity index (χ2n) is 17.3. The van der Waals surface area contributed by atoms with Crippen LogP contribution in [0, 0.1) is 0 Å². The number of hydrogen-bond acceptors (Lipinski definition) is 13. The lowest BCUT2D eigenvalue weighted by Gasteiger charge is -2.41. The number of aliphatic hydroxyl groups excluding tert-OH is 5. The highest BCUT2D eigenvalue weighted by Crippen LogP contribution is 2.47. The van der Waals surface area contributed by atoms with E-state index in [1.165, 1.54) is 64.2 Å². The average Bonchev–Trinajstić information content (AvgIpc) is 4.03. The van der Waals surface area contributed by atoms with E-state index in [-0.39, 0.29) is 12.8 Å². The Labute approximate surface area is 384 Å². The molecule has 0 radical (unpaired) electrons. The number of unbranched alkanes of at least 4 members (excludes halogenated alkanes) is 17. The number of carbonyl (C=O) groups excluding carboxylic acids is 2. The number of phosphoric ester groups is 1. The summed E-state index contributed by atoms with van der Waals surface area (Å²) in [4.78, 5) is 35.8. The second-order valence-corrected chi connectivity index (χ2v) is 18.8. The minimum atomic E-state index is -5.14. The maximum Gasteiger partial charge on any atom is 0.472 e. The zero-order valence-corrected chi connectivity index (χ0v) is 39.9. The van der Waals surface area contributed by atoms with Crippen molar-refractivity contribution >= 4 is 19.8 Å². The summed E-state index contributed by atoms with van der Waals surface area (Å²) >= 11 is 0. The van der Waals surface area contributed by atoms with E-state index in [9.17, 15) is 44.6 Å². The molecule has 1 saturated carbocycles. The fraction of sp³-hybridized carbons (Fsp3) is 0.796. The minimum Gasteiger partial charge on any atom is -0.462 e.